The SMILES string of the molecule is Cc1ccc(OCC(=O)NN=Cc2ccncc2)c([N+](=O)[O-])c1. The van der Waals surface area contributed by atoms with E-state index in [9.17, 15) is 14.9 Å². The van der Waals surface area contributed by atoms with Crippen molar-refractivity contribution in [1.82, 2.24) is 10.4 Å². The molecular formula is C15H14N4O4. The Morgan fingerprint density at radius 1 is 1.39 bits per heavy atom. The van der Waals surface area contributed by atoms with Crippen LogP contribution in [0.2, 0.25) is 0 Å². The molecule has 1 heterocycles. The molecule has 8 heteroatoms. The van der Waals surface area contributed by atoms with Crippen LogP contribution in [0.1, 0.15) is 11.1 Å². The predicted octanol–water partition coefficient (Wildman–Crippen LogP) is 1.83. The first-order chi connectivity index (χ1) is 11.1. The van der Waals surface area contributed by atoms with Crippen molar-refractivity contribution >= 4 is 17.8 Å². The maximum absolute atomic E-state index is 11.6. The Morgan fingerprint density at radius 2 is 2.13 bits per heavy atom. The fourth-order valence-corrected chi connectivity index (χ4v) is 1.70. The van der Waals surface area contributed by atoms with E-state index in [1.54, 1.807) is 37.5 Å². The highest BCUT2D eigenvalue weighted by molar-refractivity contribution is 5.82. The lowest BCUT2D eigenvalue weighted by molar-refractivity contribution is -0.385. The number of ether oxygens (including phenoxy) is 1. The Balaban J connectivity index is 1.90. The molecular weight excluding hydrogens is 300 g/mol. The first kappa shape index (κ1) is 16.1. The van der Waals surface area contributed by atoms with Crippen LogP contribution in [0.4, 0.5) is 5.69 Å². The van der Waals surface area contributed by atoms with Gasteiger partial charge in [0.2, 0.25) is 0 Å². The van der Waals surface area contributed by atoms with Gasteiger partial charge < -0.3 is 4.74 Å². The van der Waals surface area contributed by atoms with Gasteiger partial charge in [0.1, 0.15) is 0 Å². The zero-order valence-corrected chi connectivity index (χ0v) is 12.3. The van der Waals surface area contributed by atoms with E-state index in [0.717, 1.165) is 11.1 Å². The number of amides is 1. The normalized spacial score (nSPS) is 10.5. The van der Waals surface area contributed by atoms with Gasteiger partial charge in [0, 0.05) is 18.5 Å². The number of hydrazone groups is 1. The van der Waals surface area contributed by atoms with Crippen molar-refractivity contribution in [2.45, 2.75) is 6.92 Å². The fourth-order valence-electron chi connectivity index (χ4n) is 1.70. The molecule has 0 bridgehead atoms. The summed E-state index contributed by atoms with van der Waals surface area (Å²) in [6.45, 7) is 1.36. The third kappa shape index (κ3) is 4.88. The van der Waals surface area contributed by atoms with Gasteiger partial charge in [-0.1, -0.05) is 6.07 Å². The van der Waals surface area contributed by atoms with Crippen molar-refractivity contribution in [3.05, 3.63) is 64.0 Å². The van der Waals surface area contributed by atoms with Gasteiger partial charge in [-0.3, -0.25) is 19.9 Å². The summed E-state index contributed by atoms with van der Waals surface area (Å²) in [5.41, 5.74) is 3.60. The van der Waals surface area contributed by atoms with Gasteiger partial charge >= 0.3 is 5.69 Å². The summed E-state index contributed by atoms with van der Waals surface area (Å²) < 4.78 is 5.18. The van der Waals surface area contributed by atoms with Crippen LogP contribution >= 0.6 is 0 Å². The zero-order valence-electron chi connectivity index (χ0n) is 12.3. The zero-order chi connectivity index (χ0) is 16.7. The van der Waals surface area contributed by atoms with Crippen LogP contribution in [-0.4, -0.2) is 28.6 Å². The number of hydrogen-bond acceptors (Lipinski definition) is 6. The molecule has 0 radical (unpaired) electrons. The van der Waals surface area contributed by atoms with Crippen molar-refractivity contribution in [3.8, 4) is 5.75 Å². The van der Waals surface area contributed by atoms with Crippen molar-refractivity contribution in [3.63, 3.8) is 0 Å². The molecule has 1 N–H and O–H groups in total. The van der Waals surface area contributed by atoms with Gasteiger partial charge in [-0.25, -0.2) is 5.43 Å². The van der Waals surface area contributed by atoms with Crippen LogP contribution in [0.25, 0.3) is 0 Å². The molecule has 2 aromatic rings. The fraction of sp³-hybridized carbons (Fsp3) is 0.133. The minimum absolute atomic E-state index is 0.0360. The topological polar surface area (TPSA) is 107 Å². The lowest BCUT2D eigenvalue weighted by atomic mass is 10.2. The molecule has 0 spiro atoms. The van der Waals surface area contributed by atoms with Gasteiger partial charge in [0.05, 0.1) is 11.1 Å². The number of nitro benzene ring substituents is 1. The molecule has 1 amide bonds. The number of pyridine rings is 1. The van der Waals surface area contributed by atoms with E-state index in [1.165, 1.54) is 18.3 Å². The Kier molecular flexibility index (Phi) is 5.35. The van der Waals surface area contributed by atoms with Crippen molar-refractivity contribution in [2.75, 3.05) is 6.61 Å². The number of carbonyl (C=O) groups is 1. The van der Waals surface area contributed by atoms with Gasteiger partial charge in [-0.05, 0) is 36.2 Å². The first-order valence-electron chi connectivity index (χ1n) is 6.66. The van der Waals surface area contributed by atoms with Crippen molar-refractivity contribution in [2.24, 2.45) is 5.10 Å². The van der Waals surface area contributed by atoms with Crippen LogP contribution in [0.3, 0.4) is 0 Å². The van der Waals surface area contributed by atoms with Crippen molar-refractivity contribution < 1.29 is 14.5 Å². The number of aromatic nitrogens is 1. The van der Waals surface area contributed by atoms with E-state index >= 15 is 0 Å². The van der Waals surface area contributed by atoms with E-state index in [-0.39, 0.29) is 18.0 Å². The molecule has 0 aliphatic heterocycles. The van der Waals surface area contributed by atoms with Crippen LogP contribution in [-0.2, 0) is 4.79 Å². The van der Waals surface area contributed by atoms with Crippen LogP contribution in [0.15, 0.2) is 47.8 Å². The number of aryl methyl sites for hydroxylation is 1. The summed E-state index contributed by atoms with van der Waals surface area (Å²) in [5, 5.41) is 14.7. The molecule has 118 valence electrons. The molecule has 0 fully saturated rings. The first-order valence-corrected chi connectivity index (χ1v) is 6.66. The van der Waals surface area contributed by atoms with E-state index in [4.69, 9.17) is 4.74 Å². The van der Waals surface area contributed by atoms with E-state index < -0.39 is 10.8 Å². The summed E-state index contributed by atoms with van der Waals surface area (Å²) in [6, 6.07) is 7.96. The molecule has 0 unspecified atom stereocenters. The average Bonchev–Trinajstić information content (AvgIpc) is 2.54. The Hall–Kier alpha value is -3.29. The number of nitrogens with zero attached hydrogens (tertiary/aromatic N) is 3. The molecule has 23 heavy (non-hydrogen) atoms. The van der Waals surface area contributed by atoms with Crippen LogP contribution < -0.4 is 10.2 Å². The third-order valence-corrected chi connectivity index (χ3v) is 2.78. The number of nitro groups is 1. The maximum atomic E-state index is 11.6. The van der Waals surface area contributed by atoms with Gasteiger partial charge in [0.15, 0.2) is 12.4 Å². The number of rotatable bonds is 6. The van der Waals surface area contributed by atoms with Crippen LogP contribution in [0, 0.1) is 17.0 Å². The molecule has 0 saturated heterocycles. The van der Waals surface area contributed by atoms with Gasteiger partial charge in [-0.2, -0.15) is 5.10 Å². The van der Waals surface area contributed by atoms with E-state index in [1.807, 2.05) is 0 Å². The number of nitrogens with one attached hydrogen (secondary N) is 1. The minimum atomic E-state index is -0.554. The summed E-state index contributed by atoms with van der Waals surface area (Å²) in [5.74, 6) is -0.487. The predicted molar refractivity (Wildman–Crippen MR) is 83.3 cm³/mol. The molecule has 0 aliphatic rings. The maximum Gasteiger partial charge on any atom is 0.311 e. The highest BCUT2D eigenvalue weighted by atomic mass is 16.6. The number of benzene rings is 1. The molecule has 8 nitrogen and oxygen atoms in total. The highest BCUT2D eigenvalue weighted by Crippen LogP contribution is 2.27. The Labute approximate surface area is 132 Å². The van der Waals surface area contributed by atoms with E-state index in [2.05, 4.69) is 15.5 Å². The number of hydrogen-bond donors (Lipinski definition) is 1. The molecule has 1 aromatic carbocycles. The molecule has 0 atom stereocenters. The largest absolute Gasteiger partial charge is 0.477 e. The summed E-state index contributed by atoms with van der Waals surface area (Å²) >= 11 is 0. The Bertz CT molecular complexity index is 732. The second-order valence-corrected chi connectivity index (χ2v) is 4.59. The van der Waals surface area contributed by atoms with Gasteiger partial charge in [-0.15, -0.1) is 0 Å². The quantitative estimate of drug-likeness (QED) is 0.497. The second-order valence-electron chi connectivity index (χ2n) is 4.59. The Morgan fingerprint density at radius 3 is 2.83 bits per heavy atom. The smallest absolute Gasteiger partial charge is 0.311 e. The molecule has 0 saturated carbocycles. The molecule has 1 aromatic heterocycles. The summed E-state index contributed by atoms with van der Waals surface area (Å²) in [7, 11) is 0. The lowest BCUT2D eigenvalue weighted by Gasteiger charge is -2.06. The average molecular weight is 314 g/mol. The third-order valence-electron chi connectivity index (χ3n) is 2.78. The van der Waals surface area contributed by atoms with Gasteiger partial charge in [0.25, 0.3) is 5.91 Å². The second kappa shape index (κ2) is 7.64. The molecule has 0 aliphatic carbocycles. The molecule has 2 rings (SSSR count). The summed E-state index contributed by atoms with van der Waals surface area (Å²) in [4.78, 5) is 25.9. The van der Waals surface area contributed by atoms with Crippen molar-refractivity contribution in [1.29, 1.82) is 0 Å². The van der Waals surface area contributed by atoms with Crippen LogP contribution in [0.5, 0.6) is 5.75 Å². The highest BCUT2D eigenvalue weighted by Gasteiger charge is 2.16. The standard InChI is InChI=1S/C15H14N4O4/c1-11-2-3-14(13(8-11)19(21)22)23-10-15(20)18-17-9-12-4-6-16-7-5-12/h2-9H,10H2,1H3,(H,18,20). The summed E-state index contributed by atoms with van der Waals surface area (Å²) in [6.07, 6.45) is 4.65. The lowest BCUT2D eigenvalue weighted by Crippen LogP contribution is -2.24. The number of carbonyl (C=O) groups excluding carboxylic acids is 1. The minimum Gasteiger partial charge on any atom is -0.477 e. The van der Waals surface area contributed by atoms with E-state index in [0.29, 0.717) is 0 Å². The monoisotopic (exact) mass is 314 g/mol.